The highest BCUT2D eigenvalue weighted by Crippen LogP contribution is 2.26. The molecular weight excluding hydrogens is 324 g/mol. The van der Waals surface area contributed by atoms with Crippen molar-refractivity contribution in [2.75, 3.05) is 0 Å². The van der Waals surface area contributed by atoms with Crippen molar-refractivity contribution in [2.45, 2.75) is 44.6 Å². The summed E-state index contributed by atoms with van der Waals surface area (Å²) in [5, 5.41) is 1.18. The molecule has 2 aromatic carbocycles. The van der Waals surface area contributed by atoms with Gasteiger partial charge in [0.25, 0.3) is 0 Å². The number of carbonyl (C=O) groups excluding carboxylic acids is 1. The van der Waals surface area contributed by atoms with Crippen LogP contribution in [0.25, 0.3) is 10.9 Å². The fourth-order valence-corrected chi connectivity index (χ4v) is 3.73. The van der Waals surface area contributed by atoms with E-state index in [0.717, 1.165) is 24.8 Å². The van der Waals surface area contributed by atoms with Crippen LogP contribution in [0.3, 0.4) is 0 Å². The Morgan fingerprint density at radius 2 is 1.92 bits per heavy atom. The first-order valence-electron chi connectivity index (χ1n) is 9.35. The predicted octanol–water partition coefficient (Wildman–Crippen LogP) is 3.91. The summed E-state index contributed by atoms with van der Waals surface area (Å²) >= 11 is 0. The van der Waals surface area contributed by atoms with Crippen molar-refractivity contribution in [2.24, 2.45) is 5.73 Å². The smallest absolute Gasteiger partial charge is 0.328 e. The Kier molecular flexibility index (Phi) is 4.76. The lowest BCUT2D eigenvalue weighted by Gasteiger charge is -2.17. The minimum Gasteiger partial charge on any atom is -0.425 e. The zero-order valence-electron chi connectivity index (χ0n) is 14.8. The second kappa shape index (κ2) is 7.34. The van der Waals surface area contributed by atoms with Crippen LogP contribution < -0.4 is 10.5 Å². The molecule has 1 atom stereocenters. The number of aryl methyl sites for hydroxylation is 3. The van der Waals surface area contributed by atoms with Gasteiger partial charge in [-0.1, -0.05) is 24.3 Å². The molecule has 1 aliphatic carbocycles. The minimum absolute atomic E-state index is 0.361. The number of fused-ring (bicyclic) bond motifs is 2. The minimum atomic E-state index is -0.625. The molecule has 0 radical (unpaired) electrons. The second-order valence-electron chi connectivity index (χ2n) is 7.06. The largest absolute Gasteiger partial charge is 0.425 e. The Balaban J connectivity index is 1.37. The molecule has 1 heterocycles. The molecule has 1 unspecified atom stereocenters. The second-order valence-corrected chi connectivity index (χ2v) is 7.06. The molecule has 4 heteroatoms. The van der Waals surface area contributed by atoms with Gasteiger partial charge in [-0.05, 0) is 73.4 Å². The van der Waals surface area contributed by atoms with Crippen molar-refractivity contribution in [1.29, 1.82) is 0 Å². The third-order valence-corrected chi connectivity index (χ3v) is 5.24. The third kappa shape index (κ3) is 3.51. The van der Waals surface area contributed by atoms with Gasteiger partial charge < -0.3 is 15.5 Å². The molecule has 0 fully saturated rings. The molecule has 3 N–H and O–H groups in total. The summed E-state index contributed by atoms with van der Waals surface area (Å²) in [4.78, 5) is 15.6. The van der Waals surface area contributed by atoms with Crippen molar-refractivity contribution in [3.8, 4) is 5.75 Å². The van der Waals surface area contributed by atoms with Crippen LogP contribution in [0.4, 0.5) is 0 Å². The van der Waals surface area contributed by atoms with Crippen LogP contribution in [0.1, 0.15) is 36.0 Å². The van der Waals surface area contributed by atoms with Crippen LogP contribution in [-0.4, -0.2) is 17.0 Å². The normalized spacial score (nSPS) is 14.8. The Morgan fingerprint density at radius 1 is 1.12 bits per heavy atom. The van der Waals surface area contributed by atoms with E-state index in [1.54, 1.807) is 0 Å². The Bertz CT molecular complexity index is 929. The molecule has 26 heavy (non-hydrogen) atoms. The first kappa shape index (κ1) is 16.9. The maximum absolute atomic E-state index is 12.3. The quantitative estimate of drug-likeness (QED) is 0.542. The third-order valence-electron chi connectivity index (χ3n) is 5.24. The van der Waals surface area contributed by atoms with E-state index in [0.29, 0.717) is 12.2 Å². The van der Waals surface area contributed by atoms with E-state index >= 15 is 0 Å². The fourth-order valence-electron chi connectivity index (χ4n) is 3.73. The van der Waals surface area contributed by atoms with Crippen molar-refractivity contribution in [3.05, 3.63) is 65.4 Å². The van der Waals surface area contributed by atoms with Crippen LogP contribution in [0.2, 0.25) is 0 Å². The molecule has 3 aromatic rings. The molecule has 0 saturated carbocycles. The van der Waals surface area contributed by atoms with Gasteiger partial charge in [0.05, 0.1) is 0 Å². The molecule has 0 aliphatic heterocycles. The van der Waals surface area contributed by atoms with E-state index in [4.69, 9.17) is 10.5 Å². The zero-order chi connectivity index (χ0) is 17.9. The van der Waals surface area contributed by atoms with Crippen LogP contribution in [0, 0.1) is 0 Å². The number of nitrogens with one attached hydrogen (secondary N) is 1. The lowest BCUT2D eigenvalue weighted by molar-refractivity contribution is -0.136. The number of nitrogens with two attached hydrogens (primary N) is 1. The highest BCUT2D eigenvalue weighted by Gasteiger charge is 2.18. The summed E-state index contributed by atoms with van der Waals surface area (Å²) in [6.45, 7) is 0. The Labute approximate surface area is 153 Å². The summed E-state index contributed by atoms with van der Waals surface area (Å²) in [5.74, 6) is 0.249. The van der Waals surface area contributed by atoms with Gasteiger partial charge in [-0.15, -0.1) is 0 Å². The average molecular weight is 348 g/mol. The molecule has 0 bridgehead atoms. The maximum Gasteiger partial charge on any atom is 0.328 e. The van der Waals surface area contributed by atoms with Gasteiger partial charge in [0.2, 0.25) is 0 Å². The summed E-state index contributed by atoms with van der Waals surface area (Å²) in [6, 6.07) is 13.5. The summed E-state index contributed by atoms with van der Waals surface area (Å²) in [5.41, 5.74) is 11.0. The van der Waals surface area contributed by atoms with Crippen molar-refractivity contribution in [1.82, 2.24) is 4.98 Å². The van der Waals surface area contributed by atoms with Gasteiger partial charge in [-0.2, -0.15) is 0 Å². The number of hydrogen-bond donors (Lipinski definition) is 2. The first-order chi connectivity index (χ1) is 12.7. The van der Waals surface area contributed by atoms with E-state index < -0.39 is 6.04 Å². The molecular formula is C22H24N2O2. The molecule has 134 valence electrons. The number of para-hydroxylation sites is 1. The number of hydrogen-bond acceptors (Lipinski definition) is 3. The summed E-state index contributed by atoms with van der Waals surface area (Å²) in [6.07, 6.45) is 7.92. The van der Waals surface area contributed by atoms with Crippen molar-refractivity contribution in [3.63, 3.8) is 0 Å². The average Bonchev–Trinajstić information content (AvgIpc) is 3.09. The number of esters is 1. The monoisotopic (exact) mass is 348 g/mol. The highest BCUT2D eigenvalue weighted by molar-refractivity contribution is 5.83. The van der Waals surface area contributed by atoms with Gasteiger partial charge in [0.15, 0.2) is 0 Å². The number of aromatic nitrogens is 1. The van der Waals surface area contributed by atoms with Gasteiger partial charge in [0, 0.05) is 17.1 Å². The van der Waals surface area contributed by atoms with Crippen LogP contribution in [0.15, 0.2) is 48.7 Å². The number of benzene rings is 2. The van der Waals surface area contributed by atoms with Gasteiger partial charge in [-0.25, -0.2) is 4.79 Å². The molecule has 0 spiro atoms. The number of H-pyrrole nitrogens is 1. The lowest BCUT2D eigenvalue weighted by Crippen LogP contribution is -2.34. The molecule has 0 amide bonds. The molecule has 1 aromatic heterocycles. The van der Waals surface area contributed by atoms with Gasteiger partial charge in [0.1, 0.15) is 11.8 Å². The van der Waals surface area contributed by atoms with Gasteiger partial charge in [-0.3, -0.25) is 0 Å². The van der Waals surface area contributed by atoms with Crippen molar-refractivity contribution >= 4 is 16.9 Å². The van der Waals surface area contributed by atoms with Crippen LogP contribution >= 0.6 is 0 Å². The van der Waals surface area contributed by atoms with E-state index in [1.807, 2.05) is 36.5 Å². The molecule has 0 saturated heterocycles. The highest BCUT2D eigenvalue weighted by atomic mass is 16.5. The van der Waals surface area contributed by atoms with E-state index in [9.17, 15) is 4.79 Å². The zero-order valence-corrected chi connectivity index (χ0v) is 14.8. The standard InChI is InChI=1S/C22H24N2O2/c23-20(12-10-17-14-24-21-8-4-3-7-19(17)21)22(25)26-18-11-9-15-5-1-2-6-16(15)13-18/h3-4,7-9,11,13-14,20,24H,1-2,5-6,10,12,23H2. The number of ether oxygens (including phenoxy) is 1. The first-order valence-corrected chi connectivity index (χ1v) is 9.35. The number of carbonyl (C=O) groups is 1. The molecule has 4 nitrogen and oxygen atoms in total. The van der Waals surface area contributed by atoms with E-state index in [2.05, 4.69) is 17.1 Å². The Hall–Kier alpha value is -2.59. The lowest BCUT2D eigenvalue weighted by atomic mass is 9.92. The summed E-state index contributed by atoms with van der Waals surface area (Å²) < 4.78 is 5.53. The van der Waals surface area contributed by atoms with Gasteiger partial charge >= 0.3 is 5.97 Å². The van der Waals surface area contributed by atoms with Crippen LogP contribution in [0.5, 0.6) is 5.75 Å². The van der Waals surface area contributed by atoms with E-state index in [1.165, 1.54) is 34.9 Å². The fraction of sp³-hybridized carbons (Fsp3) is 0.318. The summed E-state index contributed by atoms with van der Waals surface area (Å²) in [7, 11) is 0. The number of aromatic amines is 1. The van der Waals surface area contributed by atoms with Crippen molar-refractivity contribution < 1.29 is 9.53 Å². The predicted molar refractivity (Wildman–Crippen MR) is 103 cm³/mol. The maximum atomic E-state index is 12.3. The SMILES string of the molecule is NC(CCc1c[nH]c2ccccc12)C(=O)Oc1ccc2c(c1)CCCC2. The Morgan fingerprint density at radius 3 is 2.81 bits per heavy atom. The van der Waals surface area contributed by atoms with E-state index in [-0.39, 0.29) is 5.97 Å². The number of rotatable bonds is 5. The topological polar surface area (TPSA) is 68.1 Å². The van der Waals surface area contributed by atoms with Crippen LogP contribution in [-0.2, 0) is 24.1 Å². The molecule has 1 aliphatic rings. The molecule has 4 rings (SSSR count).